The maximum atomic E-state index is 13.1. The monoisotopic (exact) mass is 329 g/mol. The molecule has 5 nitrogen and oxygen atoms in total. The molecule has 9 heteroatoms. The number of anilines is 1. The Hall–Kier alpha value is -2.71. The second-order valence-corrected chi connectivity index (χ2v) is 4.41. The van der Waals surface area contributed by atoms with Gasteiger partial charge in [-0.25, -0.2) is 9.37 Å². The van der Waals surface area contributed by atoms with E-state index in [1.54, 1.807) is 0 Å². The minimum absolute atomic E-state index is 0.0899. The van der Waals surface area contributed by atoms with Gasteiger partial charge in [0.2, 0.25) is 0 Å². The summed E-state index contributed by atoms with van der Waals surface area (Å²) in [6.07, 6.45) is -2.62. The van der Waals surface area contributed by atoms with Crippen LogP contribution in [-0.2, 0) is 15.7 Å². The first-order valence-electron chi connectivity index (χ1n) is 6.31. The number of carbonyl (C=O) groups excluding carboxylic acids is 1. The molecule has 2 aromatic heterocycles. The van der Waals surface area contributed by atoms with E-state index in [4.69, 9.17) is 0 Å². The van der Waals surface area contributed by atoms with Crippen molar-refractivity contribution in [2.45, 2.75) is 6.18 Å². The van der Waals surface area contributed by atoms with E-state index in [0.29, 0.717) is 0 Å². The third-order valence-electron chi connectivity index (χ3n) is 2.82. The number of carbonyl (C=O) groups is 1. The smallest absolute Gasteiger partial charge is 0.435 e. The lowest BCUT2D eigenvalue weighted by molar-refractivity contribution is -0.141. The molecular formula is C14H11F4N3O2. The number of aromatic nitrogens is 2. The molecule has 2 heterocycles. The lowest BCUT2D eigenvalue weighted by Crippen LogP contribution is -2.19. The van der Waals surface area contributed by atoms with E-state index in [0.717, 1.165) is 25.4 Å². The molecule has 122 valence electrons. The molecule has 1 N–H and O–H groups in total. The maximum Gasteiger partial charge on any atom is 0.435 e. The number of rotatable bonds is 4. The van der Waals surface area contributed by atoms with Crippen LogP contribution in [0.5, 0.6) is 0 Å². The van der Waals surface area contributed by atoms with Crippen LogP contribution in [0.2, 0.25) is 0 Å². The van der Waals surface area contributed by atoms with Gasteiger partial charge < -0.3 is 10.1 Å². The zero-order valence-corrected chi connectivity index (χ0v) is 11.8. The minimum atomic E-state index is -4.75. The standard InChI is InChI=1S/C14H11F4N3O2/c1-23-12(22)7-20-11-3-2-10(21-13(11)14(16,17)18)8-4-9(15)6-19-5-8/h2-6,20H,7H2,1H3. The van der Waals surface area contributed by atoms with Crippen molar-refractivity contribution in [2.24, 2.45) is 0 Å². The largest absolute Gasteiger partial charge is 0.468 e. The van der Waals surface area contributed by atoms with Gasteiger partial charge >= 0.3 is 12.1 Å². The van der Waals surface area contributed by atoms with Crippen molar-refractivity contribution in [3.8, 4) is 11.3 Å². The Morgan fingerprint density at radius 2 is 2.04 bits per heavy atom. The zero-order chi connectivity index (χ0) is 17.0. The highest BCUT2D eigenvalue weighted by Crippen LogP contribution is 2.35. The molecule has 0 aliphatic heterocycles. The fourth-order valence-electron chi connectivity index (χ4n) is 1.77. The summed E-state index contributed by atoms with van der Waals surface area (Å²) in [6, 6.07) is 3.40. The van der Waals surface area contributed by atoms with Gasteiger partial charge in [0.15, 0.2) is 5.69 Å². The van der Waals surface area contributed by atoms with Crippen molar-refractivity contribution in [1.82, 2.24) is 9.97 Å². The normalized spacial score (nSPS) is 11.2. The molecule has 0 unspecified atom stereocenters. The number of hydrogen-bond donors (Lipinski definition) is 1. The van der Waals surface area contributed by atoms with Gasteiger partial charge in [0.05, 0.1) is 24.7 Å². The van der Waals surface area contributed by atoms with Gasteiger partial charge in [0.25, 0.3) is 0 Å². The molecule has 0 saturated carbocycles. The highest BCUT2D eigenvalue weighted by molar-refractivity contribution is 5.75. The van der Waals surface area contributed by atoms with Crippen LogP contribution in [0, 0.1) is 5.82 Å². The average molecular weight is 329 g/mol. The summed E-state index contributed by atoms with van der Waals surface area (Å²) in [5, 5.41) is 2.31. The van der Waals surface area contributed by atoms with Crippen LogP contribution in [0.15, 0.2) is 30.6 Å². The number of ether oxygens (including phenoxy) is 1. The summed E-state index contributed by atoms with van der Waals surface area (Å²) in [6.45, 7) is -0.442. The molecule has 0 fully saturated rings. The molecule has 0 bridgehead atoms. The number of nitrogens with zero attached hydrogens (tertiary/aromatic N) is 2. The van der Waals surface area contributed by atoms with Crippen LogP contribution in [0.1, 0.15) is 5.69 Å². The Morgan fingerprint density at radius 3 is 2.65 bits per heavy atom. The van der Waals surface area contributed by atoms with Crippen LogP contribution in [-0.4, -0.2) is 29.6 Å². The summed E-state index contributed by atoms with van der Waals surface area (Å²) in [4.78, 5) is 18.1. The number of halogens is 4. The van der Waals surface area contributed by atoms with E-state index >= 15 is 0 Å². The fourth-order valence-corrected chi connectivity index (χ4v) is 1.77. The Bertz CT molecular complexity index is 719. The van der Waals surface area contributed by atoms with Crippen LogP contribution < -0.4 is 5.32 Å². The second-order valence-electron chi connectivity index (χ2n) is 4.41. The van der Waals surface area contributed by atoms with E-state index < -0.39 is 30.2 Å². The molecule has 0 aliphatic rings. The SMILES string of the molecule is COC(=O)CNc1ccc(-c2cncc(F)c2)nc1C(F)(F)F. The van der Waals surface area contributed by atoms with Crippen LogP contribution in [0.3, 0.4) is 0 Å². The predicted octanol–water partition coefficient (Wildman–Crippen LogP) is 2.89. The Balaban J connectivity index is 2.40. The Morgan fingerprint density at radius 1 is 1.30 bits per heavy atom. The summed E-state index contributed by atoms with van der Waals surface area (Å²) >= 11 is 0. The first-order chi connectivity index (χ1) is 10.8. The first-order valence-corrected chi connectivity index (χ1v) is 6.31. The summed E-state index contributed by atoms with van der Waals surface area (Å²) < 4.78 is 56.9. The van der Waals surface area contributed by atoms with Gasteiger partial charge in [-0.1, -0.05) is 0 Å². The Labute approximate surface area is 128 Å². The van der Waals surface area contributed by atoms with E-state index in [1.807, 2.05) is 0 Å². The van der Waals surface area contributed by atoms with Crippen molar-refractivity contribution in [3.05, 3.63) is 42.1 Å². The van der Waals surface area contributed by atoms with Crippen LogP contribution in [0.4, 0.5) is 23.2 Å². The lowest BCUT2D eigenvalue weighted by atomic mass is 10.1. The highest BCUT2D eigenvalue weighted by atomic mass is 19.4. The number of alkyl halides is 3. The number of nitrogens with one attached hydrogen (secondary N) is 1. The molecule has 0 aromatic carbocycles. The molecule has 0 aliphatic carbocycles. The second kappa shape index (κ2) is 6.59. The molecule has 0 saturated heterocycles. The van der Waals surface area contributed by atoms with Crippen LogP contribution >= 0.6 is 0 Å². The quantitative estimate of drug-likeness (QED) is 0.690. The predicted molar refractivity (Wildman–Crippen MR) is 72.9 cm³/mol. The van der Waals surface area contributed by atoms with Crippen molar-refractivity contribution < 1.29 is 27.1 Å². The van der Waals surface area contributed by atoms with E-state index in [-0.39, 0.29) is 16.9 Å². The molecule has 0 atom stereocenters. The van der Waals surface area contributed by atoms with Gasteiger partial charge in [0.1, 0.15) is 12.4 Å². The molecule has 23 heavy (non-hydrogen) atoms. The van der Waals surface area contributed by atoms with Gasteiger partial charge in [-0.3, -0.25) is 9.78 Å². The fraction of sp³-hybridized carbons (Fsp3) is 0.214. The summed E-state index contributed by atoms with van der Waals surface area (Å²) in [5.41, 5.74) is -1.58. The lowest BCUT2D eigenvalue weighted by Gasteiger charge is -2.14. The van der Waals surface area contributed by atoms with Gasteiger partial charge in [0, 0.05) is 11.8 Å². The first kappa shape index (κ1) is 16.7. The Kier molecular flexibility index (Phi) is 4.77. The summed E-state index contributed by atoms with van der Waals surface area (Å²) in [5.74, 6) is -1.41. The minimum Gasteiger partial charge on any atom is -0.468 e. The number of pyridine rings is 2. The topological polar surface area (TPSA) is 64.1 Å². The van der Waals surface area contributed by atoms with Crippen molar-refractivity contribution in [3.63, 3.8) is 0 Å². The van der Waals surface area contributed by atoms with E-state index in [1.165, 1.54) is 12.3 Å². The van der Waals surface area contributed by atoms with E-state index in [9.17, 15) is 22.4 Å². The molecule has 2 aromatic rings. The number of esters is 1. The highest BCUT2D eigenvalue weighted by Gasteiger charge is 2.36. The maximum absolute atomic E-state index is 13.1. The number of hydrogen-bond acceptors (Lipinski definition) is 5. The summed E-state index contributed by atoms with van der Waals surface area (Å²) in [7, 11) is 1.12. The van der Waals surface area contributed by atoms with Crippen molar-refractivity contribution in [1.29, 1.82) is 0 Å². The van der Waals surface area contributed by atoms with Gasteiger partial charge in [-0.05, 0) is 18.2 Å². The average Bonchev–Trinajstić information content (AvgIpc) is 2.51. The molecule has 2 rings (SSSR count). The van der Waals surface area contributed by atoms with Gasteiger partial charge in [-0.15, -0.1) is 0 Å². The van der Waals surface area contributed by atoms with Crippen LogP contribution in [0.25, 0.3) is 11.3 Å². The van der Waals surface area contributed by atoms with Crippen molar-refractivity contribution in [2.75, 3.05) is 19.0 Å². The van der Waals surface area contributed by atoms with Gasteiger partial charge in [-0.2, -0.15) is 13.2 Å². The molecule has 0 radical (unpaired) electrons. The van der Waals surface area contributed by atoms with Crippen molar-refractivity contribution >= 4 is 11.7 Å². The third kappa shape index (κ3) is 4.15. The van der Waals surface area contributed by atoms with E-state index in [2.05, 4.69) is 20.0 Å². The number of methoxy groups -OCH3 is 1. The molecule has 0 spiro atoms. The molecule has 0 amide bonds. The molecular weight excluding hydrogens is 318 g/mol. The zero-order valence-electron chi connectivity index (χ0n) is 11.8. The third-order valence-corrected chi connectivity index (χ3v) is 2.82.